The van der Waals surface area contributed by atoms with Crippen molar-refractivity contribution in [3.63, 3.8) is 0 Å². The van der Waals surface area contributed by atoms with Crippen molar-refractivity contribution in [1.29, 1.82) is 0 Å². The molecule has 9 heteroatoms. The van der Waals surface area contributed by atoms with Crippen molar-refractivity contribution in [2.45, 2.75) is 26.0 Å². The molecule has 1 aromatic heterocycles. The summed E-state index contributed by atoms with van der Waals surface area (Å²) >= 11 is 4.76. The average molecular weight is 608 g/mol. The van der Waals surface area contributed by atoms with Crippen molar-refractivity contribution < 1.29 is 18.7 Å². The minimum atomic E-state index is -0.663. The molecule has 0 spiro atoms. The third kappa shape index (κ3) is 5.51. The van der Waals surface area contributed by atoms with Crippen molar-refractivity contribution in [2.75, 3.05) is 7.11 Å². The Bertz CT molecular complexity index is 1740. The van der Waals surface area contributed by atoms with Crippen LogP contribution >= 0.6 is 27.3 Å². The monoisotopic (exact) mass is 606 g/mol. The first kappa shape index (κ1) is 26.8. The molecule has 1 aliphatic rings. The van der Waals surface area contributed by atoms with Crippen LogP contribution in [0, 0.1) is 5.82 Å². The van der Waals surface area contributed by atoms with Crippen molar-refractivity contribution in [1.82, 2.24) is 4.57 Å². The van der Waals surface area contributed by atoms with Gasteiger partial charge in [0.15, 0.2) is 4.80 Å². The molecule has 0 saturated carbocycles. The number of esters is 1. The van der Waals surface area contributed by atoms with E-state index < -0.39 is 12.0 Å². The predicted molar refractivity (Wildman–Crippen MR) is 152 cm³/mol. The molecule has 0 bridgehead atoms. The lowest BCUT2D eigenvalue weighted by molar-refractivity contribution is -0.136. The van der Waals surface area contributed by atoms with Crippen molar-refractivity contribution in [3.05, 3.63) is 131 Å². The summed E-state index contributed by atoms with van der Waals surface area (Å²) in [5.74, 6) is -0.256. The van der Waals surface area contributed by atoms with Gasteiger partial charge in [-0.05, 0) is 54.0 Å². The first-order valence-corrected chi connectivity index (χ1v) is 13.9. The SMILES string of the molecule is CCC1=C(C(=O)OC)[C@H](c2ccccc2)n2c(s/c(=C\c3cc(Br)ccc3OCc3ccc(F)cc3)c2=O)=N1. The largest absolute Gasteiger partial charge is 0.488 e. The predicted octanol–water partition coefficient (Wildman–Crippen LogP) is 5.28. The Balaban J connectivity index is 1.63. The number of hydrogen-bond acceptors (Lipinski definition) is 6. The molecule has 4 aromatic rings. The maximum Gasteiger partial charge on any atom is 0.338 e. The Labute approximate surface area is 236 Å². The Kier molecular flexibility index (Phi) is 7.90. The zero-order chi connectivity index (χ0) is 27.5. The van der Waals surface area contributed by atoms with Gasteiger partial charge < -0.3 is 9.47 Å². The van der Waals surface area contributed by atoms with Gasteiger partial charge in [-0.15, -0.1) is 0 Å². The van der Waals surface area contributed by atoms with Crippen molar-refractivity contribution in [2.24, 2.45) is 4.99 Å². The molecule has 0 amide bonds. The van der Waals surface area contributed by atoms with Gasteiger partial charge in [0.25, 0.3) is 5.56 Å². The van der Waals surface area contributed by atoms with Crippen molar-refractivity contribution in [3.8, 4) is 5.75 Å². The fraction of sp³-hybridized carbons (Fsp3) is 0.167. The fourth-order valence-corrected chi connectivity index (χ4v) is 5.85. The van der Waals surface area contributed by atoms with E-state index >= 15 is 0 Å². The molecule has 198 valence electrons. The number of rotatable bonds is 7. The highest BCUT2D eigenvalue weighted by molar-refractivity contribution is 9.10. The quantitative estimate of drug-likeness (QED) is 0.268. The smallest absolute Gasteiger partial charge is 0.338 e. The molecule has 2 heterocycles. The summed E-state index contributed by atoms with van der Waals surface area (Å²) in [5, 5.41) is 0. The van der Waals surface area contributed by atoms with Gasteiger partial charge in [0, 0.05) is 10.0 Å². The summed E-state index contributed by atoms with van der Waals surface area (Å²) in [6, 6.07) is 20.4. The molecule has 1 atom stereocenters. The lowest BCUT2D eigenvalue weighted by atomic mass is 9.95. The maximum absolute atomic E-state index is 13.9. The summed E-state index contributed by atoms with van der Waals surface area (Å²) in [7, 11) is 1.33. The summed E-state index contributed by atoms with van der Waals surface area (Å²) in [6.45, 7) is 2.16. The van der Waals surface area contributed by atoms with Crippen molar-refractivity contribution >= 4 is 39.3 Å². The third-order valence-electron chi connectivity index (χ3n) is 6.33. The maximum atomic E-state index is 13.9. The van der Waals surface area contributed by atoms with Gasteiger partial charge >= 0.3 is 5.97 Å². The molecule has 1 aliphatic heterocycles. The van der Waals surface area contributed by atoms with Crippen LogP contribution in [0.4, 0.5) is 4.39 Å². The van der Waals surface area contributed by atoms with Gasteiger partial charge in [0.1, 0.15) is 18.2 Å². The minimum absolute atomic E-state index is 0.236. The van der Waals surface area contributed by atoms with E-state index in [-0.39, 0.29) is 18.0 Å². The average Bonchev–Trinajstić information content (AvgIpc) is 3.26. The molecule has 5 rings (SSSR count). The molecular weight excluding hydrogens is 583 g/mol. The number of hydrogen-bond donors (Lipinski definition) is 0. The van der Waals surface area contributed by atoms with Crippen LogP contribution in [0.3, 0.4) is 0 Å². The molecule has 0 unspecified atom stereocenters. The van der Waals surface area contributed by atoms with E-state index in [0.717, 1.165) is 15.6 Å². The second kappa shape index (κ2) is 11.5. The van der Waals surface area contributed by atoms with E-state index in [0.29, 0.717) is 38.3 Å². The highest BCUT2D eigenvalue weighted by Gasteiger charge is 2.33. The molecule has 0 fully saturated rings. The van der Waals surface area contributed by atoms with Gasteiger partial charge in [-0.1, -0.05) is 76.7 Å². The lowest BCUT2D eigenvalue weighted by Crippen LogP contribution is -2.40. The number of ether oxygens (including phenoxy) is 2. The number of fused-ring (bicyclic) bond motifs is 1. The van der Waals surface area contributed by atoms with E-state index in [1.807, 2.05) is 55.5 Å². The van der Waals surface area contributed by atoms with Crippen LogP contribution < -0.4 is 19.6 Å². The van der Waals surface area contributed by atoms with E-state index in [1.54, 1.807) is 22.8 Å². The highest BCUT2D eigenvalue weighted by Crippen LogP contribution is 2.32. The molecule has 3 aromatic carbocycles. The second-order valence-electron chi connectivity index (χ2n) is 8.80. The Morgan fingerprint density at radius 3 is 2.56 bits per heavy atom. The Morgan fingerprint density at radius 2 is 1.87 bits per heavy atom. The summed E-state index contributed by atoms with van der Waals surface area (Å²) in [6.07, 6.45) is 2.27. The number of benzene rings is 3. The van der Waals surface area contributed by atoms with Gasteiger partial charge in [0.05, 0.1) is 29.0 Å². The number of allylic oxidation sites excluding steroid dienone is 1. The van der Waals surface area contributed by atoms with Crippen LogP contribution in [0.25, 0.3) is 6.08 Å². The standard InChI is InChI=1S/C30H24BrFN2O4S/c1-3-23-26(29(36)37-2)27(19-7-5-4-6-8-19)34-28(35)25(39-30(34)33-23)16-20-15-21(31)11-14-24(20)38-17-18-9-12-22(32)13-10-18/h4-16,27H,3,17H2,1-2H3/b25-16-/t27-/m0/s1. The number of halogens is 2. The molecule has 0 aliphatic carbocycles. The minimum Gasteiger partial charge on any atom is -0.488 e. The summed E-state index contributed by atoms with van der Waals surface area (Å²) in [5.41, 5.74) is 2.97. The Hall–Kier alpha value is -3.82. The molecule has 39 heavy (non-hydrogen) atoms. The van der Waals surface area contributed by atoms with Crippen LogP contribution in [-0.2, 0) is 16.1 Å². The second-order valence-corrected chi connectivity index (χ2v) is 10.7. The summed E-state index contributed by atoms with van der Waals surface area (Å²) < 4.78 is 27.3. The van der Waals surface area contributed by atoms with Gasteiger partial charge in [-0.3, -0.25) is 9.36 Å². The van der Waals surface area contributed by atoms with Crippen LogP contribution in [0.2, 0.25) is 0 Å². The molecule has 0 radical (unpaired) electrons. The van der Waals surface area contributed by atoms with Crippen LogP contribution in [0.1, 0.15) is 36.1 Å². The number of nitrogens with zero attached hydrogens (tertiary/aromatic N) is 2. The first-order valence-electron chi connectivity index (χ1n) is 12.2. The topological polar surface area (TPSA) is 69.9 Å². The normalized spacial score (nSPS) is 15.1. The molecule has 0 N–H and O–H groups in total. The molecule has 0 saturated heterocycles. The number of aromatic nitrogens is 1. The number of carbonyl (C=O) groups is 1. The van der Waals surface area contributed by atoms with Crippen LogP contribution in [0.5, 0.6) is 5.75 Å². The highest BCUT2D eigenvalue weighted by atomic mass is 79.9. The first-order chi connectivity index (χ1) is 18.9. The number of thiazole rings is 1. The zero-order valence-electron chi connectivity index (χ0n) is 21.2. The lowest BCUT2D eigenvalue weighted by Gasteiger charge is -2.25. The molecular formula is C30H24BrFN2O4S. The number of methoxy groups -OCH3 is 1. The van der Waals surface area contributed by atoms with E-state index in [2.05, 4.69) is 15.9 Å². The van der Waals surface area contributed by atoms with Gasteiger partial charge in [0.2, 0.25) is 0 Å². The summed E-state index contributed by atoms with van der Waals surface area (Å²) in [4.78, 5) is 32.0. The van der Waals surface area contributed by atoms with Crippen LogP contribution in [-0.4, -0.2) is 17.6 Å². The third-order valence-corrected chi connectivity index (χ3v) is 7.81. The van der Waals surface area contributed by atoms with E-state index in [1.165, 1.54) is 30.6 Å². The van der Waals surface area contributed by atoms with E-state index in [4.69, 9.17) is 14.5 Å². The fourth-order valence-electron chi connectivity index (χ4n) is 4.46. The van der Waals surface area contributed by atoms with E-state index in [9.17, 15) is 14.0 Å². The Morgan fingerprint density at radius 1 is 1.13 bits per heavy atom. The van der Waals surface area contributed by atoms with Crippen LogP contribution in [0.15, 0.2) is 98.3 Å². The van der Waals surface area contributed by atoms with Gasteiger partial charge in [-0.25, -0.2) is 14.2 Å². The number of carbonyl (C=O) groups excluding carboxylic acids is 1. The molecule has 6 nitrogen and oxygen atoms in total. The van der Waals surface area contributed by atoms with Gasteiger partial charge in [-0.2, -0.15) is 0 Å². The zero-order valence-corrected chi connectivity index (χ0v) is 23.6.